The molecule has 1 fully saturated rings. The summed E-state index contributed by atoms with van der Waals surface area (Å²) in [5, 5.41) is 0. The zero-order chi connectivity index (χ0) is 22.0. The minimum Gasteiger partial charge on any atom is -0.492 e. The summed E-state index contributed by atoms with van der Waals surface area (Å²) in [4.78, 5) is 32.7. The highest BCUT2D eigenvalue weighted by molar-refractivity contribution is 6.45. The van der Waals surface area contributed by atoms with Crippen molar-refractivity contribution in [2.45, 2.75) is 13.8 Å². The quantitative estimate of drug-likeness (QED) is 0.669. The van der Waals surface area contributed by atoms with Crippen molar-refractivity contribution in [2.24, 2.45) is 0 Å². The number of anilines is 1. The fourth-order valence-electron chi connectivity index (χ4n) is 4.11. The van der Waals surface area contributed by atoms with Gasteiger partial charge in [0.25, 0.3) is 11.8 Å². The number of hydrogen-bond donors (Lipinski definition) is 0. The maximum atomic E-state index is 13.6. The van der Waals surface area contributed by atoms with Gasteiger partial charge in [-0.2, -0.15) is 0 Å². The third-order valence-electron chi connectivity index (χ3n) is 5.73. The lowest BCUT2D eigenvalue weighted by molar-refractivity contribution is -0.120. The summed E-state index contributed by atoms with van der Waals surface area (Å²) >= 11 is 0. The Balaban J connectivity index is 1.79. The monoisotopic (exact) mass is 423 g/mol. The number of benzene rings is 2. The molecule has 0 aliphatic carbocycles. The van der Waals surface area contributed by atoms with Crippen LogP contribution in [0.3, 0.4) is 0 Å². The van der Waals surface area contributed by atoms with Crippen LogP contribution in [0.1, 0.15) is 19.4 Å². The summed E-state index contributed by atoms with van der Waals surface area (Å²) < 4.78 is 19.2. The number of hydrogen-bond acceptors (Lipinski definition) is 5. The number of para-hydroxylation sites is 2. The maximum absolute atomic E-state index is 13.6. The first-order valence-electron chi connectivity index (χ1n) is 10.6. The van der Waals surface area contributed by atoms with Gasteiger partial charge in [0.2, 0.25) is 0 Å². The molecule has 2 aliphatic rings. The number of ether oxygens (including phenoxy) is 1. The van der Waals surface area contributed by atoms with E-state index in [9.17, 15) is 14.0 Å². The van der Waals surface area contributed by atoms with Gasteiger partial charge in [0.15, 0.2) is 0 Å². The summed E-state index contributed by atoms with van der Waals surface area (Å²) in [6, 6.07) is 12.8. The van der Waals surface area contributed by atoms with E-state index in [4.69, 9.17) is 4.74 Å². The molecule has 1 saturated heterocycles. The molecule has 162 valence electrons. The van der Waals surface area contributed by atoms with E-state index < -0.39 is 11.7 Å². The second kappa shape index (κ2) is 8.89. The number of piperazine rings is 1. The van der Waals surface area contributed by atoms with Gasteiger partial charge in [0.1, 0.15) is 17.3 Å². The average Bonchev–Trinajstić information content (AvgIpc) is 3.05. The molecular weight excluding hydrogens is 397 g/mol. The molecule has 0 unspecified atom stereocenters. The first-order valence-corrected chi connectivity index (χ1v) is 10.6. The van der Waals surface area contributed by atoms with Crippen LogP contribution in [0.25, 0.3) is 5.57 Å². The topological polar surface area (TPSA) is 53.1 Å². The fraction of sp³-hybridized carbons (Fsp3) is 0.333. The number of nitrogens with zero attached hydrogens (tertiary/aromatic N) is 3. The molecular formula is C24H26FN3O3. The highest BCUT2D eigenvalue weighted by Gasteiger charge is 2.43. The van der Waals surface area contributed by atoms with Gasteiger partial charge in [-0.25, -0.2) is 9.29 Å². The van der Waals surface area contributed by atoms with Crippen molar-refractivity contribution in [3.05, 3.63) is 65.6 Å². The summed E-state index contributed by atoms with van der Waals surface area (Å²) in [6.45, 7) is 8.24. The number of rotatable bonds is 6. The van der Waals surface area contributed by atoms with E-state index in [1.807, 2.05) is 11.8 Å². The van der Waals surface area contributed by atoms with Crippen LogP contribution in [0, 0.1) is 5.82 Å². The van der Waals surface area contributed by atoms with Crippen LogP contribution in [0.4, 0.5) is 10.1 Å². The number of imide groups is 1. The molecule has 2 aromatic carbocycles. The molecule has 2 amide bonds. The van der Waals surface area contributed by atoms with Crippen molar-refractivity contribution < 1.29 is 18.7 Å². The number of halogens is 1. The third kappa shape index (κ3) is 3.93. The Bertz CT molecular complexity index is 1010. The van der Waals surface area contributed by atoms with Crippen LogP contribution >= 0.6 is 0 Å². The molecule has 0 aromatic heterocycles. The van der Waals surface area contributed by atoms with E-state index in [-0.39, 0.29) is 5.91 Å². The minimum absolute atomic E-state index is 0.307. The molecule has 0 N–H and O–H groups in total. The Hall–Kier alpha value is -3.19. The maximum Gasteiger partial charge on any atom is 0.282 e. The molecule has 0 bridgehead atoms. The van der Waals surface area contributed by atoms with Gasteiger partial charge in [-0.15, -0.1) is 0 Å². The summed E-state index contributed by atoms with van der Waals surface area (Å²) in [7, 11) is 0. The lowest BCUT2D eigenvalue weighted by Gasteiger charge is -2.36. The van der Waals surface area contributed by atoms with Crippen LogP contribution in [0.15, 0.2) is 54.2 Å². The van der Waals surface area contributed by atoms with E-state index in [0.717, 1.165) is 19.6 Å². The van der Waals surface area contributed by atoms with Gasteiger partial charge in [-0.05, 0) is 43.3 Å². The number of carbonyl (C=O) groups excluding carboxylic acids is 2. The normalized spacial score (nSPS) is 17.6. The van der Waals surface area contributed by atoms with E-state index in [1.54, 1.807) is 36.4 Å². The number of likely N-dealkylation sites (N-methyl/N-ethyl adjacent to an activating group) is 1. The van der Waals surface area contributed by atoms with Crippen LogP contribution in [0.2, 0.25) is 0 Å². The van der Waals surface area contributed by atoms with Crippen molar-refractivity contribution in [2.75, 3.05) is 44.2 Å². The molecule has 0 spiro atoms. The van der Waals surface area contributed by atoms with Crippen molar-refractivity contribution in [1.29, 1.82) is 0 Å². The number of amides is 2. The van der Waals surface area contributed by atoms with Gasteiger partial charge >= 0.3 is 0 Å². The van der Waals surface area contributed by atoms with E-state index >= 15 is 0 Å². The Morgan fingerprint density at radius 3 is 2.23 bits per heavy atom. The summed E-state index contributed by atoms with van der Waals surface area (Å²) in [5.41, 5.74) is 1.63. The standard InChI is InChI=1S/C24H26FN3O3/c1-3-26-13-15-27(16-14-26)22-21(17-9-11-18(25)12-10-17)23(29)28(24(22)30)19-7-5-6-8-20(19)31-4-2/h5-12H,3-4,13-16H2,1-2H3. The summed E-state index contributed by atoms with van der Waals surface area (Å²) in [5.74, 6) is -0.710. The number of carbonyl (C=O) groups is 2. The van der Waals surface area contributed by atoms with Gasteiger partial charge in [0, 0.05) is 26.2 Å². The van der Waals surface area contributed by atoms with E-state index in [2.05, 4.69) is 11.8 Å². The van der Waals surface area contributed by atoms with Crippen LogP contribution in [-0.2, 0) is 9.59 Å². The molecule has 0 atom stereocenters. The molecule has 31 heavy (non-hydrogen) atoms. The predicted molar refractivity (Wildman–Crippen MR) is 117 cm³/mol. The van der Waals surface area contributed by atoms with Gasteiger partial charge in [0.05, 0.1) is 17.9 Å². The molecule has 2 heterocycles. The molecule has 0 saturated carbocycles. The zero-order valence-electron chi connectivity index (χ0n) is 17.8. The Kier molecular flexibility index (Phi) is 6.04. The smallest absolute Gasteiger partial charge is 0.282 e. The second-order valence-corrected chi connectivity index (χ2v) is 7.50. The highest BCUT2D eigenvalue weighted by Crippen LogP contribution is 2.38. The molecule has 4 rings (SSSR count). The van der Waals surface area contributed by atoms with Crippen molar-refractivity contribution >= 4 is 23.1 Å². The SMILES string of the molecule is CCOc1ccccc1N1C(=O)C(c2ccc(F)cc2)=C(N2CCN(CC)CC2)C1=O. The van der Waals surface area contributed by atoms with Crippen molar-refractivity contribution in [3.63, 3.8) is 0 Å². The highest BCUT2D eigenvalue weighted by atomic mass is 19.1. The van der Waals surface area contributed by atoms with E-state index in [0.29, 0.717) is 48.0 Å². The lowest BCUT2D eigenvalue weighted by Crippen LogP contribution is -2.47. The van der Waals surface area contributed by atoms with Crippen LogP contribution < -0.4 is 9.64 Å². The largest absolute Gasteiger partial charge is 0.492 e. The first-order chi connectivity index (χ1) is 15.0. The molecule has 2 aromatic rings. The third-order valence-corrected chi connectivity index (χ3v) is 5.73. The summed E-state index contributed by atoms with van der Waals surface area (Å²) in [6.07, 6.45) is 0. The molecule has 6 nitrogen and oxygen atoms in total. The van der Waals surface area contributed by atoms with Crippen LogP contribution in [0.5, 0.6) is 5.75 Å². The van der Waals surface area contributed by atoms with Gasteiger partial charge in [-0.1, -0.05) is 31.2 Å². The van der Waals surface area contributed by atoms with E-state index in [1.165, 1.54) is 17.0 Å². The van der Waals surface area contributed by atoms with Gasteiger partial charge in [-0.3, -0.25) is 9.59 Å². The Labute approximate surface area is 181 Å². The van der Waals surface area contributed by atoms with Crippen molar-refractivity contribution in [1.82, 2.24) is 9.80 Å². The van der Waals surface area contributed by atoms with Gasteiger partial charge < -0.3 is 14.5 Å². The molecule has 2 aliphatic heterocycles. The zero-order valence-corrected chi connectivity index (χ0v) is 17.8. The fourth-order valence-corrected chi connectivity index (χ4v) is 4.11. The molecule has 0 radical (unpaired) electrons. The Morgan fingerprint density at radius 1 is 0.903 bits per heavy atom. The minimum atomic E-state index is -0.420. The Morgan fingerprint density at radius 2 is 1.58 bits per heavy atom. The predicted octanol–water partition coefficient (Wildman–Crippen LogP) is 3.15. The molecule has 7 heteroatoms. The lowest BCUT2D eigenvalue weighted by atomic mass is 10.0. The average molecular weight is 423 g/mol. The second-order valence-electron chi connectivity index (χ2n) is 7.50. The van der Waals surface area contributed by atoms with Crippen LogP contribution in [-0.4, -0.2) is 60.9 Å². The first kappa shape index (κ1) is 21.1. The van der Waals surface area contributed by atoms with Crippen molar-refractivity contribution in [3.8, 4) is 5.75 Å².